The first-order valence-electron chi connectivity index (χ1n) is 9.42. The predicted molar refractivity (Wildman–Crippen MR) is 113 cm³/mol. The summed E-state index contributed by atoms with van der Waals surface area (Å²) in [6.07, 6.45) is 1.60. The fourth-order valence-electron chi connectivity index (χ4n) is 3.33. The Balaban J connectivity index is 1.67. The van der Waals surface area contributed by atoms with Gasteiger partial charge < -0.3 is 9.73 Å². The number of nitrogens with zero attached hydrogens (tertiary/aromatic N) is 2. The number of aryl methyl sites for hydroxylation is 1. The van der Waals surface area contributed by atoms with Crippen LogP contribution in [0, 0.1) is 6.92 Å². The molecule has 4 rings (SSSR count). The van der Waals surface area contributed by atoms with Crippen LogP contribution in [0.3, 0.4) is 0 Å². The smallest absolute Gasteiger partial charge is 0.336 e. The summed E-state index contributed by atoms with van der Waals surface area (Å²) >= 11 is 0. The van der Waals surface area contributed by atoms with E-state index in [0.29, 0.717) is 16.8 Å². The van der Waals surface area contributed by atoms with Crippen LogP contribution in [-0.4, -0.2) is 15.7 Å². The molecule has 146 valence electrons. The maximum absolute atomic E-state index is 13.0. The lowest BCUT2D eigenvalue weighted by Crippen LogP contribution is -2.15. The van der Waals surface area contributed by atoms with Crippen LogP contribution in [0.2, 0.25) is 0 Å². The van der Waals surface area contributed by atoms with Gasteiger partial charge in [-0.1, -0.05) is 31.5 Å². The molecule has 2 aromatic heterocycles. The second kappa shape index (κ2) is 7.39. The number of carbonyl (C=O) groups is 1. The number of hydrogen-bond donors (Lipinski definition) is 1. The monoisotopic (exact) mass is 387 g/mol. The van der Waals surface area contributed by atoms with E-state index in [1.807, 2.05) is 49.7 Å². The molecule has 0 atom stereocenters. The maximum atomic E-state index is 13.0. The molecule has 0 radical (unpaired) electrons. The van der Waals surface area contributed by atoms with Crippen LogP contribution in [0.5, 0.6) is 0 Å². The molecule has 29 heavy (non-hydrogen) atoms. The third-order valence-electron chi connectivity index (χ3n) is 4.75. The van der Waals surface area contributed by atoms with Crippen LogP contribution in [0.15, 0.2) is 70.0 Å². The molecular weight excluding hydrogens is 366 g/mol. The standard InChI is InChI=1S/C23H21N3O3/c1-14(2)22-19(13-24-26(22)18-8-4-15(3)5-9-18)23(28)25-17-7-10-20-16(12-17)6-11-21(27)29-20/h4-14H,1-3H3,(H,25,28). The maximum Gasteiger partial charge on any atom is 0.336 e. The zero-order chi connectivity index (χ0) is 20.5. The number of nitrogens with one attached hydrogen (secondary N) is 1. The molecule has 0 unspecified atom stereocenters. The van der Waals surface area contributed by atoms with Crippen LogP contribution in [0.4, 0.5) is 5.69 Å². The molecule has 4 aromatic rings. The normalized spacial score (nSPS) is 11.2. The van der Waals surface area contributed by atoms with Crippen molar-refractivity contribution in [3.8, 4) is 5.69 Å². The van der Waals surface area contributed by atoms with Crippen molar-refractivity contribution in [2.45, 2.75) is 26.7 Å². The van der Waals surface area contributed by atoms with Gasteiger partial charge in [-0.15, -0.1) is 0 Å². The number of hydrogen-bond acceptors (Lipinski definition) is 4. The van der Waals surface area contributed by atoms with Crippen molar-refractivity contribution < 1.29 is 9.21 Å². The highest BCUT2D eigenvalue weighted by Crippen LogP contribution is 2.25. The number of aromatic nitrogens is 2. The lowest BCUT2D eigenvalue weighted by Gasteiger charge is -2.13. The number of anilines is 1. The minimum atomic E-state index is -0.403. The summed E-state index contributed by atoms with van der Waals surface area (Å²) in [5.41, 5.74) is 4.15. The van der Waals surface area contributed by atoms with Crippen LogP contribution >= 0.6 is 0 Å². The second-order valence-electron chi connectivity index (χ2n) is 7.31. The molecule has 6 heteroatoms. The summed E-state index contributed by atoms with van der Waals surface area (Å²) < 4.78 is 6.95. The fraction of sp³-hybridized carbons (Fsp3) is 0.174. The highest BCUT2D eigenvalue weighted by molar-refractivity contribution is 6.05. The van der Waals surface area contributed by atoms with Crippen molar-refractivity contribution in [3.05, 3.63) is 88.0 Å². The first kappa shape index (κ1) is 18.7. The molecule has 1 N–H and O–H groups in total. The van der Waals surface area contributed by atoms with E-state index in [4.69, 9.17) is 4.42 Å². The third kappa shape index (κ3) is 3.69. The first-order chi connectivity index (χ1) is 13.9. The number of fused-ring (bicyclic) bond motifs is 1. The molecule has 0 aliphatic heterocycles. The Hall–Kier alpha value is -3.67. The highest BCUT2D eigenvalue weighted by atomic mass is 16.4. The molecule has 0 saturated heterocycles. The summed E-state index contributed by atoms with van der Waals surface area (Å²) in [6.45, 7) is 6.11. The Morgan fingerprint density at radius 1 is 1.07 bits per heavy atom. The zero-order valence-corrected chi connectivity index (χ0v) is 16.5. The van der Waals surface area contributed by atoms with E-state index < -0.39 is 5.63 Å². The first-order valence-corrected chi connectivity index (χ1v) is 9.42. The van der Waals surface area contributed by atoms with Gasteiger partial charge in [0.05, 0.1) is 23.1 Å². The Morgan fingerprint density at radius 2 is 1.83 bits per heavy atom. The molecule has 0 saturated carbocycles. The van der Waals surface area contributed by atoms with Crippen LogP contribution in [-0.2, 0) is 0 Å². The molecule has 0 fully saturated rings. The van der Waals surface area contributed by atoms with Crippen molar-refractivity contribution in [1.29, 1.82) is 0 Å². The summed E-state index contributed by atoms with van der Waals surface area (Å²) in [5, 5.41) is 8.13. The molecule has 0 bridgehead atoms. The lowest BCUT2D eigenvalue weighted by atomic mass is 10.0. The molecule has 2 heterocycles. The SMILES string of the molecule is Cc1ccc(-n2ncc(C(=O)Nc3ccc4oc(=O)ccc4c3)c2C(C)C)cc1. The quantitative estimate of drug-likeness (QED) is 0.517. The summed E-state index contributed by atoms with van der Waals surface area (Å²) in [5.74, 6) is -0.130. The minimum Gasteiger partial charge on any atom is -0.423 e. The van der Waals surface area contributed by atoms with E-state index in [0.717, 1.165) is 22.3 Å². The van der Waals surface area contributed by atoms with Gasteiger partial charge in [0.1, 0.15) is 5.58 Å². The van der Waals surface area contributed by atoms with Gasteiger partial charge in [-0.25, -0.2) is 9.48 Å². The zero-order valence-electron chi connectivity index (χ0n) is 16.5. The van der Waals surface area contributed by atoms with Crippen molar-refractivity contribution >= 4 is 22.6 Å². The van der Waals surface area contributed by atoms with Crippen molar-refractivity contribution in [3.63, 3.8) is 0 Å². The molecule has 1 amide bonds. The predicted octanol–water partition coefficient (Wildman–Crippen LogP) is 4.66. The average Bonchev–Trinajstić information content (AvgIpc) is 3.14. The van der Waals surface area contributed by atoms with E-state index in [1.165, 1.54) is 6.07 Å². The van der Waals surface area contributed by atoms with Crippen LogP contribution in [0.1, 0.15) is 41.4 Å². The van der Waals surface area contributed by atoms with E-state index >= 15 is 0 Å². The van der Waals surface area contributed by atoms with Crippen molar-refractivity contribution in [1.82, 2.24) is 9.78 Å². The van der Waals surface area contributed by atoms with Gasteiger partial charge in [-0.2, -0.15) is 5.10 Å². The van der Waals surface area contributed by atoms with Gasteiger partial charge >= 0.3 is 5.63 Å². The van der Waals surface area contributed by atoms with Crippen molar-refractivity contribution in [2.24, 2.45) is 0 Å². The van der Waals surface area contributed by atoms with Gasteiger partial charge in [-0.3, -0.25) is 4.79 Å². The number of carbonyl (C=O) groups excluding carboxylic acids is 1. The Morgan fingerprint density at radius 3 is 2.55 bits per heavy atom. The molecule has 0 aliphatic rings. The van der Waals surface area contributed by atoms with Gasteiger partial charge in [0.15, 0.2) is 0 Å². The van der Waals surface area contributed by atoms with Crippen LogP contribution in [0.25, 0.3) is 16.7 Å². The van der Waals surface area contributed by atoms with E-state index in [9.17, 15) is 9.59 Å². The Kier molecular flexibility index (Phi) is 4.76. The van der Waals surface area contributed by atoms with Crippen molar-refractivity contribution in [2.75, 3.05) is 5.32 Å². The summed E-state index contributed by atoms with van der Waals surface area (Å²) in [7, 11) is 0. The lowest BCUT2D eigenvalue weighted by molar-refractivity contribution is 0.102. The third-order valence-corrected chi connectivity index (χ3v) is 4.75. The molecule has 2 aromatic carbocycles. The molecule has 6 nitrogen and oxygen atoms in total. The highest BCUT2D eigenvalue weighted by Gasteiger charge is 2.21. The average molecular weight is 387 g/mol. The van der Waals surface area contributed by atoms with Gasteiger partial charge in [0, 0.05) is 17.1 Å². The van der Waals surface area contributed by atoms with E-state index in [2.05, 4.69) is 10.4 Å². The Labute approximate surface area is 167 Å². The van der Waals surface area contributed by atoms with E-state index in [-0.39, 0.29) is 11.8 Å². The topological polar surface area (TPSA) is 77.1 Å². The van der Waals surface area contributed by atoms with Gasteiger partial charge in [0.2, 0.25) is 0 Å². The minimum absolute atomic E-state index is 0.102. The second-order valence-corrected chi connectivity index (χ2v) is 7.31. The number of amides is 1. The number of rotatable bonds is 4. The Bertz CT molecular complexity index is 1250. The summed E-state index contributed by atoms with van der Waals surface area (Å²) in [6, 6.07) is 16.2. The molecule has 0 spiro atoms. The number of benzene rings is 2. The molecular formula is C23H21N3O3. The van der Waals surface area contributed by atoms with Gasteiger partial charge in [0.25, 0.3) is 5.91 Å². The van der Waals surface area contributed by atoms with Gasteiger partial charge in [-0.05, 0) is 49.2 Å². The fourth-order valence-corrected chi connectivity index (χ4v) is 3.33. The summed E-state index contributed by atoms with van der Waals surface area (Å²) in [4.78, 5) is 24.3. The largest absolute Gasteiger partial charge is 0.423 e. The van der Waals surface area contributed by atoms with Crippen LogP contribution < -0.4 is 10.9 Å². The van der Waals surface area contributed by atoms with E-state index in [1.54, 1.807) is 30.5 Å². The molecule has 0 aliphatic carbocycles.